The van der Waals surface area contributed by atoms with Gasteiger partial charge in [-0.3, -0.25) is 9.58 Å². The number of nitrogens with zero attached hydrogens (tertiary/aromatic N) is 6. The van der Waals surface area contributed by atoms with Crippen LogP contribution in [0.3, 0.4) is 0 Å². The molecule has 1 aliphatic carbocycles. The number of thioether (sulfide) groups is 1. The Labute approximate surface area is 179 Å². The normalized spacial score (nSPS) is 18.4. The average molecular weight is 415 g/mol. The van der Waals surface area contributed by atoms with Crippen molar-refractivity contribution in [3.8, 4) is 0 Å². The molecule has 29 heavy (non-hydrogen) atoms. The molecule has 0 atom stereocenters. The highest BCUT2D eigenvalue weighted by molar-refractivity contribution is 7.99. The van der Waals surface area contributed by atoms with Crippen LogP contribution in [0.4, 0.5) is 5.82 Å². The molecular formula is C22H34N6S. The third kappa shape index (κ3) is 5.51. The van der Waals surface area contributed by atoms with Crippen molar-refractivity contribution in [3.63, 3.8) is 0 Å². The van der Waals surface area contributed by atoms with Crippen LogP contribution in [0.5, 0.6) is 0 Å². The lowest BCUT2D eigenvalue weighted by atomic mass is 9.95. The zero-order valence-electron chi connectivity index (χ0n) is 18.3. The first-order valence-corrected chi connectivity index (χ1v) is 11.9. The van der Waals surface area contributed by atoms with Gasteiger partial charge in [0, 0.05) is 68.3 Å². The van der Waals surface area contributed by atoms with Crippen molar-refractivity contribution in [3.05, 3.63) is 29.8 Å². The van der Waals surface area contributed by atoms with Crippen LogP contribution in [0.15, 0.2) is 23.4 Å². The lowest BCUT2D eigenvalue weighted by molar-refractivity contribution is 0.258. The third-order valence-electron chi connectivity index (χ3n) is 5.65. The Morgan fingerprint density at radius 2 is 1.86 bits per heavy atom. The molecule has 0 bridgehead atoms. The van der Waals surface area contributed by atoms with E-state index in [9.17, 15) is 0 Å². The summed E-state index contributed by atoms with van der Waals surface area (Å²) >= 11 is 1.86. The van der Waals surface area contributed by atoms with E-state index in [0.717, 1.165) is 55.1 Å². The van der Waals surface area contributed by atoms with E-state index in [1.54, 1.807) is 0 Å². The van der Waals surface area contributed by atoms with Crippen molar-refractivity contribution in [1.29, 1.82) is 0 Å². The van der Waals surface area contributed by atoms with E-state index >= 15 is 0 Å². The highest BCUT2D eigenvalue weighted by atomic mass is 32.2. The van der Waals surface area contributed by atoms with Gasteiger partial charge in [-0.2, -0.15) is 5.10 Å². The first kappa shape index (κ1) is 20.7. The summed E-state index contributed by atoms with van der Waals surface area (Å²) in [6, 6.07) is 4.35. The van der Waals surface area contributed by atoms with Gasteiger partial charge in [-0.25, -0.2) is 9.97 Å². The van der Waals surface area contributed by atoms with Crippen LogP contribution in [0, 0.1) is 0 Å². The average Bonchev–Trinajstić information content (AvgIpc) is 3.47. The molecule has 0 aromatic carbocycles. The number of rotatable bonds is 7. The van der Waals surface area contributed by atoms with E-state index in [1.807, 2.05) is 29.7 Å². The number of aromatic nitrogens is 4. The first-order chi connectivity index (χ1) is 13.9. The van der Waals surface area contributed by atoms with Crippen LogP contribution in [0.25, 0.3) is 0 Å². The second-order valence-corrected chi connectivity index (χ2v) is 10.5. The number of piperazine rings is 1. The van der Waals surface area contributed by atoms with Gasteiger partial charge < -0.3 is 4.90 Å². The highest BCUT2D eigenvalue weighted by Gasteiger charge is 2.29. The summed E-state index contributed by atoms with van der Waals surface area (Å²) in [6.45, 7) is 12.1. The van der Waals surface area contributed by atoms with E-state index in [4.69, 9.17) is 9.97 Å². The van der Waals surface area contributed by atoms with Crippen molar-refractivity contribution in [2.24, 2.45) is 7.05 Å². The molecule has 1 saturated heterocycles. The molecule has 0 spiro atoms. The monoisotopic (exact) mass is 414 g/mol. The fourth-order valence-electron chi connectivity index (χ4n) is 3.67. The van der Waals surface area contributed by atoms with Crippen molar-refractivity contribution in [2.45, 2.75) is 56.4 Å². The molecule has 0 unspecified atom stereocenters. The largest absolute Gasteiger partial charge is 0.354 e. The molecule has 2 aromatic heterocycles. The summed E-state index contributed by atoms with van der Waals surface area (Å²) in [6.07, 6.45) is 5.78. The molecule has 6 nitrogen and oxygen atoms in total. The predicted octanol–water partition coefficient (Wildman–Crippen LogP) is 3.69. The minimum Gasteiger partial charge on any atom is -0.354 e. The minimum atomic E-state index is -0.00719. The van der Waals surface area contributed by atoms with Gasteiger partial charge in [0.05, 0.1) is 0 Å². The maximum absolute atomic E-state index is 4.96. The summed E-state index contributed by atoms with van der Waals surface area (Å²) in [5, 5.41) is 5.56. The second kappa shape index (κ2) is 8.64. The van der Waals surface area contributed by atoms with Crippen molar-refractivity contribution >= 4 is 17.6 Å². The zero-order chi connectivity index (χ0) is 20.4. The number of aryl methyl sites for hydroxylation is 1. The molecule has 0 amide bonds. The lowest BCUT2D eigenvalue weighted by Crippen LogP contribution is -2.47. The van der Waals surface area contributed by atoms with Crippen molar-refractivity contribution in [2.75, 3.05) is 43.4 Å². The molecule has 2 fully saturated rings. The van der Waals surface area contributed by atoms with Crippen LogP contribution in [0.2, 0.25) is 0 Å². The summed E-state index contributed by atoms with van der Waals surface area (Å²) < 4.78 is 1.87. The summed E-state index contributed by atoms with van der Waals surface area (Å²) in [7, 11) is 1.97. The smallest absolute Gasteiger partial charge is 0.136 e. The Morgan fingerprint density at radius 1 is 1.10 bits per heavy atom. The Bertz CT molecular complexity index is 815. The fraction of sp³-hybridized carbons (Fsp3) is 0.682. The molecule has 2 aliphatic rings. The Kier molecular flexibility index (Phi) is 6.16. The third-order valence-corrected chi connectivity index (χ3v) is 6.66. The molecule has 158 valence electrons. The van der Waals surface area contributed by atoms with Gasteiger partial charge in [0.2, 0.25) is 0 Å². The molecular weight excluding hydrogens is 380 g/mol. The lowest BCUT2D eigenvalue weighted by Gasteiger charge is -2.36. The van der Waals surface area contributed by atoms with Gasteiger partial charge >= 0.3 is 0 Å². The Balaban J connectivity index is 1.28. The van der Waals surface area contributed by atoms with E-state index < -0.39 is 0 Å². The highest BCUT2D eigenvalue weighted by Crippen LogP contribution is 2.40. The summed E-state index contributed by atoms with van der Waals surface area (Å²) in [5.74, 6) is 3.92. The quantitative estimate of drug-likeness (QED) is 0.509. The standard InChI is InChI=1S/C22H34N6S/c1-22(2,3)21-23-18(17-6-7-17)16-19(24-21)28-13-11-27(12-14-28)9-5-15-29-20-8-10-26(4)25-20/h8,10,16-17H,5-7,9,11-15H2,1-4H3. The van der Waals surface area contributed by atoms with Gasteiger partial charge in [0.25, 0.3) is 0 Å². The molecule has 1 aliphatic heterocycles. The molecule has 2 aromatic rings. The summed E-state index contributed by atoms with van der Waals surface area (Å²) in [4.78, 5) is 14.9. The van der Waals surface area contributed by atoms with Gasteiger partial charge in [-0.15, -0.1) is 11.8 Å². The van der Waals surface area contributed by atoms with Crippen LogP contribution in [0.1, 0.15) is 57.5 Å². The van der Waals surface area contributed by atoms with E-state index in [1.165, 1.54) is 25.0 Å². The van der Waals surface area contributed by atoms with Gasteiger partial charge in [-0.05, 0) is 31.9 Å². The zero-order valence-corrected chi connectivity index (χ0v) is 19.1. The maximum Gasteiger partial charge on any atom is 0.136 e. The molecule has 7 heteroatoms. The van der Waals surface area contributed by atoms with Crippen molar-refractivity contribution < 1.29 is 0 Å². The van der Waals surface area contributed by atoms with E-state index in [-0.39, 0.29) is 5.41 Å². The van der Waals surface area contributed by atoms with E-state index in [2.05, 4.69) is 47.8 Å². The Morgan fingerprint density at radius 3 is 2.48 bits per heavy atom. The molecule has 3 heterocycles. The second-order valence-electron chi connectivity index (χ2n) is 9.36. The molecule has 0 N–H and O–H groups in total. The minimum absolute atomic E-state index is 0.00719. The van der Waals surface area contributed by atoms with Gasteiger partial charge in [-0.1, -0.05) is 20.8 Å². The maximum atomic E-state index is 4.96. The van der Waals surface area contributed by atoms with Crippen LogP contribution in [-0.4, -0.2) is 63.1 Å². The topological polar surface area (TPSA) is 50.1 Å². The van der Waals surface area contributed by atoms with Gasteiger partial charge in [0.1, 0.15) is 16.7 Å². The number of anilines is 1. The van der Waals surface area contributed by atoms with E-state index in [0.29, 0.717) is 5.92 Å². The molecule has 4 rings (SSSR count). The summed E-state index contributed by atoms with van der Waals surface area (Å²) in [5.41, 5.74) is 1.25. The number of hydrogen-bond acceptors (Lipinski definition) is 6. The number of hydrogen-bond donors (Lipinski definition) is 0. The molecule has 1 saturated carbocycles. The predicted molar refractivity (Wildman–Crippen MR) is 120 cm³/mol. The van der Waals surface area contributed by atoms with Crippen LogP contribution in [-0.2, 0) is 12.5 Å². The van der Waals surface area contributed by atoms with Crippen LogP contribution < -0.4 is 4.90 Å². The SMILES string of the molecule is Cn1ccc(SCCCN2CCN(c3cc(C4CC4)nc(C(C)(C)C)n3)CC2)n1. The first-order valence-electron chi connectivity index (χ1n) is 10.9. The van der Waals surface area contributed by atoms with Gasteiger partial charge in [0.15, 0.2) is 0 Å². The Hall–Kier alpha value is -1.60. The fourth-order valence-corrected chi connectivity index (χ4v) is 4.50. The molecule has 0 radical (unpaired) electrons. The van der Waals surface area contributed by atoms with Crippen molar-refractivity contribution in [1.82, 2.24) is 24.6 Å². The van der Waals surface area contributed by atoms with Crippen LogP contribution >= 0.6 is 11.8 Å².